The van der Waals surface area contributed by atoms with Crippen LogP contribution in [-0.2, 0) is 29.1 Å². The number of aryl methyl sites for hydroxylation is 1. The fourth-order valence-corrected chi connectivity index (χ4v) is 4.28. The SMILES string of the molecule is CC(C)(C)CC(NCC(O)CC(=O)[O-])c1nnnn1CCCC(=O)N1CCc2ccccc2C1.[Na+]. The van der Waals surface area contributed by atoms with Gasteiger partial charge in [0, 0.05) is 45.0 Å². The molecule has 0 saturated heterocycles. The van der Waals surface area contributed by atoms with Crippen molar-refractivity contribution in [2.45, 2.75) is 78.1 Å². The summed E-state index contributed by atoms with van der Waals surface area (Å²) in [6, 6.07) is 7.96. The number of aliphatic carboxylic acids is 1. The van der Waals surface area contributed by atoms with Gasteiger partial charge in [0.05, 0.1) is 12.1 Å². The molecule has 0 radical (unpaired) electrons. The number of carboxylic acids is 1. The van der Waals surface area contributed by atoms with Gasteiger partial charge in [0.25, 0.3) is 0 Å². The Kier molecular flexibility index (Phi) is 11.3. The Morgan fingerprint density at radius 3 is 2.63 bits per heavy atom. The van der Waals surface area contributed by atoms with Gasteiger partial charge in [0.2, 0.25) is 5.91 Å². The smallest absolute Gasteiger partial charge is 0.550 e. The molecule has 0 bridgehead atoms. The van der Waals surface area contributed by atoms with E-state index >= 15 is 0 Å². The monoisotopic (exact) mass is 494 g/mol. The standard InChI is InChI=1S/C24H36N6O4.Na/c1-24(2,3)14-20(25-15-19(31)13-22(33)34)23-26-27-28-30(23)11-6-9-21(32)29-12-10-17-7-4-5-8-18(17)16-29;/h4-5,7-8,19-20,25,31H,6,9-16H2,1-3H3,(H,33,34);/q;+1/p-1. The first kappa shape index (κ1) is 29.4. The number of aromatic nitrogens is 4. The van der Waals surface area contributed by atoms with Crippen molar-refractivity contribution < 1.29 is 49.4 Å². The molecule has 10 nitrogen and oxygen atoms in total. The number of nitrogens with one attached hydrogen (secondary N) is 1. The van der Waals surface area contributed by atoms with Gasteiger partial charge in [-0.3, -0.25) is 4.79 Å². The summed E-state index contributed by atoms with van der Waals surface area (Å²) in [5, 5.41) is 36.0. The van der Waals surface area contributed by atoms with Gasteiger partial charge in [-0.05, 0) is 46.2 Å². The maximum Gasteiger partial charge on any atom is 1.00 e. The fraction of sp³-hybridized carbons (Fsp3) is 0.625. The second-order valence-electron chi connectivity index (χ2n) is 10.2. The van der Waals surface area contributed by atoms with E-state index in [-0.39, 0.29) is 53.5 Å². The predicted octanol–water partition coefficient (Wildman–Crippen LogP) is -2.39. The second kappa shape index (κ2) is 13.5. The Morgan fingerprint density at radius 2 is 1.94 bits per heavy atom. The van der Waals surface area contributed by atoms with Crippen LogP contribution in [0, 0.1) is 5.41 Å². The van der Waals surface area contributed by atoms with Crippen molar-refractivity contribution in [1.29, 1.82) is 0 Å². The summed E-state index contributed by atoms with van der Waals surface area (Å²) < 4.78 is 1.69. The van der Waals surface area contributed by atoms with Crippen LogP contribution in [-0.4, -0.2) is 61.3 Å². The third-order valence-electron chi connectivity index (χ3n) is 5.93. The van der Waals surface area contributed by atoms with Gasteiger partial charge in [-0.15, -0.1) is 5.10 Å². The minimum Gasteiger partial charge on any atom is -0.550 e. The summed E-state index contributed by atoms with van der Waals surface area (Å²) >= 11 is 0. The van der Waals surface area contributed by atoms with Gasteiger partial charge in [-0.2, -0.15) is 0 Å². The third-order valence-corrected chi connectivity index (χ3v) is 5.93. The Hall–Kier alpha value is -1.85. The Balaban J connectivity index is 0.00000432. The van der Waals surface area contributed by atoms with E-state index < -0.39 is 18.5 Å². The van der Waals surface area contributed by atoms with Crippen LogP contribution in [0.2, 0.25) is 0 Å². The number of benzene rings is 1. The molecule has 0 saturated carbocycles. The van der Waals surface area contributed by atoms with Crippen molar-refractivity contribution in [3.05, 3.63) is 41.2 Å². The largest absolute Gasteiger partial charge is 1.00 e. The number of aliphatic hydroxyl groups is 1. The number of carboxylic acid groups (broad SMARTS) is 1. The van der Waals surface area contributed by atoms with E-state index in [0.717, 1.165) is 13.0 Å². The quantitative estimate of drug-likeness (QED) is 0.330. The zero-order valence-corrected chi connectivity index (χ0v) is 23.2. The van der Waals surface area contributed by atoms with E-state index in [4.69, 9.17) is 0 Å². The van der Waals surface area contributed by atoms with Crippen LogP contribution in [0.15, 0.2) is 24.3 Å². The number of nitrogens with zero attached hydrogens (tertiary/aromatic N) is 5. The molecule has 2 atom stereocenters. The van der Waals surface area contributed by atoms with Crippen LogP contribution < -0.4 is 40.0 Å². The van der Waals surface area contributed by atoms with Crippen LogP contribution in [0.4, 0.5) is 0 Å². The normalized spacial score (nSPS) is 15.1. The predicted molar refractivity (Wildman–Crippen MR) is 123 cm³/mol. The molecule has 2 N–H and O–H groups in total. The van der Waals surface area contributed by atoms with Gasteiger partial charge < -0.3 is 25.2 Å². The first-order valence-electron chi connectivity index (χ1n) is 11.8. The molecule has 1 aliphatic heterocycles. The molecule has 1 aromatic heterocycles. The molecular formula is C24H35N6NaO4. The van der Waals surface area contributed by atoms with Gasteiger partial charge in [0.15, 0.2) is 5.82 Å². The van der Waals surface area contributed by atoms with Crippen molar-refractivity contribution in [2.24, 2.45) is 5.41 Å². The Morgan fingerprint density at radius 1 is 1.23 bits per heavy atom. The molecule has 35 heavy (non-hydrogen) atoms. The molecule has 0 aliphatic carbocycles. The molecule has 186 valence electrons. The number of hydrogen-bond donors (Lipinski definition) is 2. The molecule has 1 aliphatic rings. The number of hydrogen-bond acceptors (Lipinski definition) is 8. The molecule has 0 spiro atoms. The number of fused-ring (bicyclic) bond motifs is 1. The van der Waals surface area contributed by atoms with Crippen LogP contribution in [0.3, 0.4) is 0 Å². The van der Waals surface area contributed by atoms with Crippen LogP contribution in [0.5, 0.6) is 0 Å². The van der Waals surface area contributed by atoms with Crippen LogP contribution in [0.1, 0.15) is 69.4 Å². The number of tetrazole rings is 1. The zero-order valence-electron chi connectivity index (χ0n) is 21.2. The summed E-state index contributed by atoms with van der Waals surface area (Å²) in [6.07, 6.45) is 1.06. The van der Waals surface area contributed by atoms with Crippen molar-refractivity contribution in [3.8, 4) is 0 Å². The van der Waals surface area contributed by atoms with Crippen LogP contribution >= 0.6 is 0 Å². The second-order valence-corrected chi connectivity index (χ2v) is 10.2. The fourth-order valence-electron chi connectivity index (χ4n) is 4.28. The topological polar surface area (TPSA) is 136 Å². The summed E-state index contributed by atoms with van der Waals surface area (Å²) in [7, 11) is 0. The van der Waals surface area contributed by atoms with Gasteiger partial charge in [-0.1, -0.05) is 45.0 Å². The number of rotatable bonds is 11. The molecule has 3 rings (SSSR count). The van der Waals surface area contributed by atoms with Gasteiger partial charge in [0.1, 0.15) is 0 Å². The van der Waals surface area contributed by atoms with Gasteiger partial charge >= 0.3 is 29.6 Å². The van der Waals surface area contributed by atoms with E-state index in [2.05, 4.69) is 53.7 Å². The number of carbonyl (C=O) groups excluding carboxylic acids is 2. The minimum atomic E-state index is -1.30. The average molecular weight is 495 g/mol. The first-order chi connectivity index (χ1) is 16.1. The average Bonchev–Trinajstić information content (AvgIpc) is 3.23. The molecule has 2 aromatic rings. The van der Waals surface area contributed by atoms with E-state index in [0.29, 0.717) is 38.2 Å². The summed E-state index contributed by atoms with van der Waals surface area (Å²) in [4.78, 5) is 25.4. The Labute approximate surface area is 228 Å². The maximum absolute atomic E-state index is 12.8. The van der Waals surface area contributed by atoms with Crippen molar-refractivity contribution >= 4 is 11.9 Å². The molecular weight excluding hydrogens is 459 g/mol. The Bertz CT molecular complexity index is 977. The maximum atomic E-state index is 12.8. The molecule has 1 aromatic carbocycles. The molecule has 11 heteroatoms. The molecule has 1 amide bonds. The van der Waals surface area contributed by atoms with Crippen molar-refractivity contribution in [2.75, 3.05) is 13.1 Å². The molecule has 2 unspecified atom stereocenters. The third kappa shape index (κ3) is 9.27. The van der Waals surface area contributed by atoms with E-state index in [9.17, 15) is 19.8 Å². The first-order valence-corrected chi connectivity index (χ1v) is 11.8. The molecule has 0 fully saturated rings. The van der Waals surface area contributed by atoms with Crippen molar-refractivity contribution in [1.82, 2.24) is 30.4 Å². The summed E-state index contributed by atoms with van der Waals surface area (Å²) in [6.45, 7) is 8.21. The van der Waals surface area contributed by atoms with E-state index in [1.165, 1.54) is 11.1 Å². The van der Waals surface area contributed by atoms with E-state index in [1.54, 1.807) is 4.68 Å². The van der Waals surface area contributed by atoms with Crippen molar-refractivity contribution in [3.63, 3.8) is 0 Å². The minimum absolute atomic E-state index is 0. The summed E-state index contributed by atoms with van der Waals surface area (Å²) in [5.74, 6) is -0.567. The van der Waals surface area contributed by atoms with E-state index in [1.807, 2.05) is 17.0 Å². The van der Waals surface area contributed by atoms with Gasteiger partial charge in [-0.25, -0.2) is 4.68 Å². The number of amides is 1. The number of carbonyl (C=O) groups is 2. The summed E-state index contributed by atoms with van der Waals surface area (Å²) in [5.41, 5.74) is 2.46. The number of aliphatic hydroxyl groups excluding tert-OH is 1. The van der Waals surface area contributed by atoms with Crippen LogP contribution in [0.25, 0.3) is 0 Å². The molecule has 2 heterocycles. The zero-order chi connectivity index (χ0) is 24.7.